The normalized spacial score (nSPS) is 11.6. The molecule has 0 aliphatic heterocycles. The predicted molar refractivity (Wildman–Crippen MR) is 240 cm³/mol. The topological polar surface area (TPSA) is 111 Å². The average molecular weight is 859 g/mol. The van der Waals surface area contributed by atoms with Crippen molar-refractivity contribution in [3.05, 3.63) is 29.8 Å². The summed E-state index contributed by atoms with van der Waals surface area (Å²) >= 11 is 0. The smallest absolute Gasteiger partial charge is 0.119 e. The summed E-state index contributed by atoms with van der Waals surface area (Å²) in [5, 5.41) is 0. The molecule has 0 radical (unpaired) electrons. The van der Waals surface area contributed by atoms with Crippen LogP contribution in [-0.4, -0.2) is 152 Å². The Labute approximate surface area is 366 Å². The molecule has 0 unspecified atom stereocenters. The summed E-state index contributed by atoms with van der Waals surface area (Å²) in [4.78, 5) is 0. The van der Waals surface area contributed by atoms with Gasteiger partial charge in [0, 0.05) is 6.61 Å². The zero-order chi connectivity index (χ0) is 42.8. The summed E-state index contributed by atoms with van der Waals surface area (Å²) in [7, 11) is 0. The van der Waals surface area contributed by atoms with Gasteiger partial charge in [0.25, 0.3) is 0 Å². The van der Waals surface area contributed by atoms with Gasteiger partial charge >= 0.3 is 0 Å². The molecule has 1 aromatic carbocycles. The molecule has 0 spiro atoms. The first-order chi connectivity index (χ1) is 29.9. The van der Waals surface area contributed by atoms with E-state index in [-0.39, 0.29) is 0 Å². The van der Waals surface area contributed by atoms with E-state index in [9.17, 15) is 0 Å². The molecule has 1 aromatic rings. The minimum absolute atomic E-state index is 0.516. The van der Waals surface area contributed by atoms with Crippen molar-refractivity contribution in [2.75, 3.05) is 152 Å². The van der Waals surface area contributed by atoms with Crippen LogP contribution in [0.4, 0.5) is 0 Å². The Balaban J connectivity index is 1.65. The number of ether oxygens (including phenoxy) is 12. The maximum atomic E-state index is 5.79. The van der Waals surface area contributed by atoms with Crippen molar-refractivity contribution in [3.63, 3.8) is 0 Å². The Morgan fingerprint density at radius 1 is 0.250 bits per heavy atom. The number of hydrogen-bond donors (Lipinski definition) is 0. The van der Waals surface area contributed by atoms with Crippen LogP contribution in [0.1, 0.15) is 122 Å². The van der Waals surface area contributed by atoms with Crippen LogP contribution in [0.15, 0.2) is 24.3 Å². The molecule has 1 rings (SSSR count). The fourth-order valence-electron chi connectivity index (χ4n) is 6.07. The molecule has 0 aliphatic carbocycles. The second-order valence-corrected chi connectivity index (χ2v) is 14.9. The van der Waals surface area contributed by atoms with E-state index in [1.807, 2.05) is 0 Å². The molecule has 0 heterocycles. The SMILES string of the molecule is CCCCCCCCCCCCOCCOCCOCCOCCOCCOCCOCCOCCOCCOCCOCCOc1ccc(CCCCCCCC)cc1. The zero-order valence-corrected chi connectivity index (χ0v) is 38.5. The molecule has 0 fully saturated rings. The molecule has 354 valence electrons. The maximum absolute atomic E-state index is 5.79. The molecule has 0 aromatic heterocycles. The van der Waals surface area contributed by atoms with Gasteiger partial charge in [-0.25, -0.2) is 0 Å². The van der Waals surface area contributed by atoms with E-state index in [1.165, 1.54) is 102 Å². The largest absolute Gasteiger partial charge is 0.491 e. The van der Waals surface area contributed by atoms with E-state index >= 15 is 0 Å². The molecule has 0 saturated carbocycles. The lowest BCUT2D eigenvalue weighted by Crippen LogP contribution is -2.15. The monoisotopic (exact) mass is 859 g/mol. The highest BCUT2D eigenvalue weighted by Gasteiger charge is 2.00. The van der Waals surface area contributed by atoms with Crippen molar-refractivity contribution in [2.24, 2.45) is 0 Å². The van der Waals surface area contributed by atoms with Crippen molar-refractivity contribution in [2.45, 2.75) is 123 Å². The summed E-state index contributed by atoms with van der Waals surface area (Å²) in [6.07, 6.45) is 22.5. The van der Waals surface area contributed by atoms with E-state index in [1.54, 1.807) is 0 Å². The van der Waals surface area contributed by atoms with Gasteiger partial charge in [0.15, 0.2) is 0 Å². The summed E-state index contributed by atoms with van der Waals surface area (Å²) in [6, 6.07) is 8.45. The Kier molecular flexibility index (Phi) is 47.4. The fraction of sp³-hybridized carbons (Fsp3) is 0.875. The number of unbranched alkanes of at least 4 members (excludes halogenated alkanes) is 14. The van der Waals surface area contributed by atoms with Gasteiger partial charge in [0.2, 0.25) is 0 Å². The first-order valence-corrected chi connectivity index (χ1v) is 23.9. The second kappa shape index (κ2) is 50.2. The highest BCUT2D eigenvalue weighted by molar-refractivity contribution is 5.27. The van der Waals surface area contributed by atoms with Crippen molar-refractivity contribution in [1.29, 1.82) is 0 Å². The van der Waals surface area contributed by atoms with Crippen molar-refractivity contribution < 1.29 is 56.8 Å². The van der Waals surface area contributed by atoms with Gasteiger partial charge in [-0.1, -0.05) is 116 Å². The van der Waals surface area contributed by atoms with Crippen LogP contribution in [0.5, 0.6) is 5.75 Å². The molecular weight excluding hydrogens is 769 g/mol. The van der Waals surface area contributed by atoms with E-state index < -0.39 is 0 Å². The molecule has 0 saturated heterocycles. The number of benzene rings is 1. The van der Waals surface area contributed by atoms with E-state index in [0.29, 0.717) is 145 Å². The third-order valence-electron chi connectivity index (χ3n) is 9.60. The first kappa shape index (κ1) is 56.6. The van der Waals surface area contributed by atoms with Gasteiger partial charge in [-0.2, -0.15) is 0 Å². The average Bonchev–Trinajstić information content (AvgIpc) is 3.26. The Morgan fingerprint density at radius 3 is 0.817 bits per heavy atom. The third kappa shape index (κ3) is 44.6. The highest BCUT2D eigenvalue weighted by Crippen LogP contribution is 2.15. The van der Waals surface area contributed by atoms with Crippen molar-refractivity contribution >= 4 is 0 Å². The maximum Gasteiger partial charge on any atom is 0.119 e. The molecule has 0 aliphatic rings. The number of rotatable bonds is 52. The molecule has 0 amide bonds. The van der Waals surface area contributed by atoms with Crippen molar-refractivity contribution in [1.82, 2.24) is 0 Å². The minimum atomic E-state index is 0.516. The van der Waals surface area contributed by atoms with Crippen molar-refractivity contribution in [3.8, 4) is 5.75 Å². The Morgan fingerprint density at radius 2 is 0.500 bits per heavy atom. The second-order valence-electron chi connectivity index (χ2n) is 14.9. The summed E-state index contributed by atoms with van der Waals surface area (Å²) in [5.74, 6) is 0.887. The van der Waals surface area contributed by atoms with Gasteiger partial charge < -0.3 is 56.8 Å². The molecule has 0 atom stereocenters. The Bertz CT molecular complexity index is 925. The van der Waals surface area contributed by atoms with Gasteiger partial charge in [0.05, 0.1) is 139 Å². The quantitative estimate of drug-likeness (QED) is 0.0583. The van der Waals surface area contributed by atoms with Crippen LogP contribution < -0.4 is 4.74 Å². The van der Waals surface area contributed by atoms with Crippen LogP contribution in [0, 0.1) is 0 Å². The molecule has 12 heteroatoms. The highest BCUT2D eigenvalue weighted by atomic mass is 16.6. The summed E-state index contributed by atoms with van der Waals surface area (Å²) < 4.78 is 66.9. The lowest BCUT2D eigenvalue weighted by Gasteiger charge is -2.09. The van der Waals surface area contributed by atoms with Gasteiger partial charge in [-0.15, -0.1) is 0 Å². The van der Waals surface area contributed by atoms with Gasteiger partial charge in [0.1, 0.15) is 12.4 Å². The molecule has 12 nitrogen and oxygen atoms in total. The zero-order valence-electron chi connectivity index (χ0n) is 38.5. The van der Waals surface area contributed by atoms with E-state index in [4.69, 9.17) is 56.8 Å². The lowest BCUT2D eigenvalue weighted by molar-refractivity contribution is -0.0277. The Hall–Kier alpha value is -1.42. The van der Waals surface area contributed by atoms with Gasteiger partial charge in [-0.3, -0.25) is 0 Å². The summed E-state index contributed by atoms with van der Waals surface area (Å²) in [5.41, 5.74) is 1.38. The van der Waals surface area contributed by atoms with Gasteiger partial charge in [-0.05, 0) is 37.0 Å². The molecular formula is C48H90O12. The van der Waals surface area contributed by atoms with Crippen LogP contribution >= 0.6 is 0 Å². The molecule has 0 bridgehead atoms. The summed E-state index contributed by atoms with van der Waals surface area (Å²) in [6.45, 7) is 17.2. The van der Waals surface area contributed by atoms with Crippen LogP contribution in [-0.2, 0) is 58.5 Å². The van der Waals surface area contributed by atoms with Crippen LogP contribution in [0.3, 0.4) is 0 Å². The number of aryl methyl sites for hydroxylation is 1. The van der Waals surface area contributed by atoms with E-state index in [0.717, 1.165) is 25.2 Å². The van der Waals surface area contributed by atoms with Crippen LogP contribution in [0.25, 0.3) is 0 Å². The third-order valence-corrected chi connectivity index (χ3v) is 9.60. The minimum Gasteiger partial charge on any atom is -0.491 e. The fourth-order valence-corrected chi connectivity index (χ4v) is 6.07. The number of hydrogen-bond acceptors (Lipinski definition) is 12. The van der Waals surface area contributed by atoms with E-state index in [2.05, 4.69) is 38.1 Å². The predicted octanol–water partition coefficient (Wildman–Crippen LogP) is 9.07. The van der Waals surface area contributed by atoms with Crippen LogP contribution in [0.2, 0.25) is 0 Å². The first-order valence-electron chi connectivity index (χ1n) is 23.9. The standard InChI is InChI=1S/C48H90O12/c1-3-5-7-9-11-12-13-14-16-18-24-49-25-26-50-27-28-51-29-30-52-31-32-53-33-34-54-35-36-55-37-38-56-39-40-57-41-42-58-43-44-59-45-46-60-48-22-20-47(21-23-48)19-17-15-10-8-6-4-2/h20-23H,3-19,24-46H2,1-2H3. The molecule has 0 N–H and O–H groups in total. The lowest BCUT2D eigenvalue weighted by atomic mass is 10.0. The molecule has 60 heavy (non-hydrogen) atoms.